The van der Waals surface area contributed by atoms with E-state index in [1.165, 1.54) is 31.4 Å². The molecule has 0 rings (SSSR count). The molecule has 0 saturated heterocycles. The van der Waals surface area contributed by atoms with Gasteiger partial charge in [-0.25, -0.2) is 0 Å². The molecule has 0 unspecified atom stereocenters. The van der Waals surface area contributed by atoms with Crippen LogP contribution in [0.3, 0.4) is 0 Å². The first kappa shape index (κ1) is 27.1. The largest absolute Gasteiger partial charge is 0.394 e. The molecule has 0 fully saturated rings. The van der Waals surface area contributed by atoms with E-state index in [4.69, 9.17) is 9.47 Å². The van der Waals surface area contributed by atoms with Gasteiger partial charge in [0.05, 0.1) is 45.2 Å². The molecule has 0 aromatic rings. The normalized spacial score (nSPS) is 14.2. The Kier molecular flexibility index (Phi) is 13.7. The van der Waals surface area contributed by atoms with E-state index in [0.29, 0.717) is 6.42 Å². The molecule has 0 aliphatic carbocycles. The van der Waals surface area contributed by atoms with Gasteiger partial charge in [-0.1, -0.05) is 0 Å². The maximum absolute atomic E-state index is 10.1. The van der Waals surface area contributed by atoms with Crippen molar-refractivity contribution in [2.45, 2.75) is 29.9 Å². The zero-order valence-electron chi connectivity index (χ0n) is 16.6. The molecule has 0 aromatic heterocycles. The average Bonchev–Trinajstić information content (AvgIpc) is 2.74. The topological polar surface area (TPSA) is 175 Å². The highest BCUT2D eigenvalue weighted by Crippen LogP contribution is 2.17. The van der Waals surface area contributed by atoms with Crippen LogP contribution in [0.5, 0.6) is 0 Å². The number of hydrogen-bond donors (Lipinski definition) is 8. The van der Waals surface area contributed by atoms with E-state index in [1.54, 1.807) is 0 Å². The summed E-state index contributed by atoms with van der Waals surface area (Å²) in [5, 5.41) is 70.0. The van der Waals surface area contributed by atoms with Gasteiger partial charge >= 0.3 is 0 Å². The highest BCUT2D eigenvalue weighted by Gasteiger charge is 2.34. The molecule has 28 heavy (non-hydrogen) atoms. The van der Waals surface area contributed by atoms with Crippen LogP contribution in [0.25, 0.3) is 0 Å². The lowest BCUT2D eigenvalue weighted by molar-refractivity contribution is -0.150. The molecule has 0 heterocycles. The molecule has 168 valence electrons. The Bertz CT molecular complexity index is 397. The van der Waals surface area contributed by atoms with Crippen molar-refractivity contribution in [1.29, 1.82) is 0 Å². The van der Waals surface area contributed by atoms with Crippen LogP contribution in [0.2, 0.25) is 0 Å². The number of hydrogen-bond acceptors (Lipinski definition) is 11. The number of ether oxygens (including phenoxy) is 2. The third kappa shape index (κ3) is 7.52. The van der Waals surface area contributed by atoms with Crippen molar-refractivity contribution in [1.82, 2.24) is 10.2 Å². The summed E-state index contributed by atoms with van der Waals surface area (Å²) in [6.07, 6.45) is 1.14. The van der Waals surface area contributed by atoms with Crippen molar-refractivity contribution in [3.05, 3.63) is 12.3 Å². The van der Waals surface area contributed by atoms with E-state index >= 15 is 0 Å². The molecule has 0 aliphatic heterocycles. The van der Waals surface area contributed by atoms with Crippen molar-refractivity contribution < 1.29 is 45.2 Å². The van der Waals surface area contributed by atoms with Gasteiger partial charge in [-0.3, -0.25) is 0 Å². The summed E-state index contributed by atoms with van der Waals surface area (Å²) in [5.41, 5.74) is -2.59. The number of nitrogens with one attached hydrogen (secondary N) is 1. The standard InChI is InChI=1S/C17H36N2O9/c1-27-15(28-2)14(26)4-7-19(17(11-23,12-24)13-25)6-3-5-18-16(8-20,9-21)10-22/h4,7,14-15,18,20-26H,3,5-6,8-13H2,1-2H3/t14-/m0/s1. The van der Waals surface area contributed by atoms with Crippen LogP contribution in [0.15, 0.2) is 12.3 Å². The number of aliphatic hydroxyl groups excluding tert-OH is 7. The lowest BCUT2D eigenvalue weighted by atomic mass is 10.00. The first-order valence-corrected chi connectivity index (χ1v) is 8.97. The number of nitrogens with zero attached hydrogens (tertiary/aromatic N) is 1. The van der Waals surface area contributed by atoms with Crippen molar-refractivity contribution in [2.24, 2.45) is 0 Å². The molecule has 1 atom stereocenters. The summed E-state index contributed by atoms with van der Waals surface area (Å²) < 4.78 is 9.92. The van der Waals surface area contributed by atoms with E-state index in [0.717, 1.165) is 0 Å². The SMILES string of the molecule is COC(OC)[C@@H](O)C=CN(CCCNC(CO)(CO)CO)C(CO)(CO)CO. The molecule has 11 heteroatoms. The predicted molar refractivity (Wildman–Crippen MR) is 100 cm³/mol. The maximum atomic E-state index is 10.1. The first-order valence-electron chi connectivity index (χ1n) is 8.97. The highest BCUT2D eigenvalue weighted by molar-refractivity contribution is 5.00. The third-order valence-electron chi connectivity index (χ3n) is 4.68. The van der Waals surface area contributed by atoms with Crippen LogP contribution in [0.1, 0.15) is 6.42 Å². The van der Waals surface area contributed by atoms with Crippen molar-refractivity contribution in [3.8, 4) is 0 Å². The highest BCUT2D eigenvalue weighted by atomic mass is 16.7. The van der Waals surface area contributed by atoms with E-state index in [2.05, 4.69) is 5.32 Å². The minimum absolute atomic E-state index is 0.237. The number of methoxy groups -OCH3 is 2. The van der Waals surface area contributed by atoms with Gasteiger partial charge in [-0.15, -0.1) is 0 Å². The van der Waals surface area contributed by atoms with Crippen LogP contribution in [0, 0.1) is 0 Å². The minimum atomic E-state index is -1.37. The minimum Gasteiger partial charge on any atom is -0.394 e. The van der Waals surface area contributed by atoms with E-state index in [1.807, 2.05) is 0 Å². The Labute approximate surface area is 165 Å². The van der Waals surface area contributed by atoms with Crippen molar-refractivity contribution >= 4 is 0 Å². The molecule has 0 aromatic carbocycles. The zero-order chi connectivity index (χ0) is 21.6. The summed E-state index contributed by atoms with van der Waals surface area (Å²) in [4.78, 5) is 1.48. The van der Waals surface area contributed by atoms with Gasteiger partial charge in [0.25, 0.3) is 0 Å². The number of aliphatic hydroxyl groups is 7. The molecular weight excluding hydrogens is 376 g/mol. The lowest BCUT2D eigenvalue weighted by Gasteiger charge is -2.40. The van der Waals surface area contributed by atoms with Crippen LogP contribution < -0.4 is 5.32 Å². The van der Waals surface area contributed by atoms with Gasteiger partial charge in [-0.2, -0.15) is 0 Å². The Morgan fingerprint density at radius 3 is 1.79 bits per heavy atom. The Morgan fingerprint density at radius 2 is 1.39 bits per heavy atom. The zero-order valence-corrected chi connectivity index (χ0v) is 16.6. The molecule has 0 spiro atoms. The summed E-state index contributed by atoms with van der Waals surface area (Å²) >= 11 is 0. The summed E-state index contributed by atoms with van der Waals surface area (Å²) in [6, 6.07) is 0. The van der Waals surface area contributed by atoms with E-state index in [-0.39, 0.29) is 13.1 Å². The smallest absolute Gasteiger partial charge is 0.186 e. The fourth-order valence-electron chi connectivity index (χ4n) is 2.47. The van der Waals surface area contributed by atoms with Gasteiger partial charge < -0.3 is 55.4 Å². The van der Waals surface area contributed by atoms with Crippen molar-refractivity contribution in [2.75, 3.05) is 67.0 Å². The first-order chi connectivity index (χ1) is 13.4. The molecule has 8 N–H and O–H groups in total. The van der Waals surface area contributed by atoms with E-state index in [9.17, 15) is 35.7 Å². The third-order valence-corrected chi connectivity index (χ3v) is 4.68. The van der Waals surface area contributed by atoms with Crippen LogP contribution in [-0.4, -0.2) is 131 Å². The summed E-state index contributed by atoms with van der Waals surface area (Å²) in [5.74, 6) is 0. The van der Waals surface area contributed by atoms with Gasteiger partial charge in [-0.05, 0) is 25.2 Å². The van der Waals surface area contributed by atoms with Gasteiger partial charge in [0, 0.05) is 20.8 Å². The monoisotopic (exact) mass is 412 g/mol. The van der Waals surface area contributed by atoms with Crippen LogP contribution >= 0.6 is 0 Å². The summed E-state index contributed by atoms with van der Waals surface area (Å²) in [6.45, 7) is -2.48. The fraction of sp³-hybridized carbons (Fsp3) is 0.882. The Balaban J connectivity index is 5.16. The van der Waals surface area contributed by atoms with Crippen LogP contribution in [0.4, 0.5) is 0 Å². The van der Waals surface area contributed by atoms with Gasteiger partial charge in [0.1, 0.15) is 11.6 Å². The van der Waals surface area contributed by atoms with Gasteiger partial charge in [0.15, 0.2) is 6.29 Å². The quantitative estimate of drug-likeness (QED) is 0.0868. The molecule has 11 nitrogen and oxygen atoms in total. The summed E-state index contributed by atoms with van der Waals surface area (Å²) in [7, 11) is 2.73. The Morgan fingerprint density at radius 1 is 0.893 bits per heavy atom. The lowest BCUT2D eigenvalue weighted by Crippen LogP contribution is -2.57. The molecule has 0 amide bonds. The molecular formula is C17H36N2O9. The molecule has 0 aliphatic rings. The fourth-order valence-corrected chi connectivity index (χ4v) is 2.47. The Hall–Kier alpha value is -0.860. The van der Waals surface area contributed by atoms with E-state index < -0.39 is 63.1 Å². The second-order valence-corrected chi connectivity index (χ2v) is 6.60. The second kappa shape index (κ2) is 14.2. The second-order valence-electron chi connectivity index (χ2n) is 6.60. The number of rotatable bonds is 17. The van der Waals surface area contributed by atoms with Crippen LogP contribution in [-0.2, 0) is 9.47 Å². The van der Waals surface area contributed by atoms with Gasteiger partial charge in [0.2, 0.25) is 0 Å². The molecule has 0 radical (unpaired) electrons. The molecule has 0 saturated carbocycles. The maximum Gasteiger partial charge on any atom is 0.186 e. The average molecular weight is 412 g/mol. The molecule has 0 bridgehead atoms. The van der Waals surface area contributed by atoms with Crippen molar-refractivity contribution in [3.63, 3.8) is 0 Å². The predicted octanol–water partition coefficient (Wildman–Crippen LogP) is -3.81.